The van der Waals surface area contributed by atoms with Crippen molar-refractivity contribution in [1.29, 1.82) is 0 Å². The smallest absolute Gasteiger partial charge is 0.332 e. The van der Waals surface area contributed by atoms with Crippen LogP contribution in [0.5, 0.6) is 5.75 Å². The molecule has 278 valence electrons. The van der Waals surface area contributed by atoms with E-state index in [0.29, 0.717) is 77.2 Å². The Kier molecular flexibility index (Phi) is 16.5. The number of nitrogens with two attached hydrogens (primary N) is 1. The van der Waals surface area contributed by atoms with E-state index in [2.05, 4.69) is 18.0 Å². The Morgan fingerprint density at radius 3 is 2.16 bits per heavy atom. The van der Waals surface area contributed by atoms with Crippen molar-refractivity contribution in [2.75, 3.05) is 78.0 Å². The van der Waals surface area contributed by atoms with Crippen LogP contribution < -0.4 is 10.5 Å². The number of ether oxygens (including phenoxy) is 5. The van der Waals surface area contributed by atoms with E-state index in [1.807, 2.05) is 49.5 Å². The Balaban J connectivity index is 1.23. The van der Waals surface area contributed by atoms with Crippen LogP contribution in [-0.2, 0) is 56.6 Å². The van der Waals surface area contributed by atoms with E-state index in [1.54, 1.807) is 13.8 Å². The Morgan fingerprint density at radius 2 is 1.47 bits per heavy atom. The second-order valence-corrected chi connectivity index (χ2v) is 13.9. The summed E-state index contributed by atoms with van der Waals surface area (Å²) in [6, 6.07) is 14.0. The van der Waals surface area contributed by atoms with Gasteiger partial charge in [0.05, 0.1) is 71.1 Å². The summed E-state index contributed by atoms with van der Waals surface area (Å²) in [5, 5.41) is 1.92. The lowest BCUT2D eigenvalue weighted by atomic mass is 9.92. The summed E-state index contributed by atoms with van der Waals surface area (Å²) in [5.41, 5.74) is 12.3. The SMILES string of the molecule is CCOC(=O)CCc1c(CCc2ccc(OCCOCCOCCOCCP(=O)(OCC)OCC)cc2C)cnc2c(N)nc3ccccc3c12. The second-order valence-electron chi connectivity index (χ2n) is 11.7. The molecule has 0 saturated heterocycles. The lowest BCUT2D eigenvalue weighted by molar-refractivity contribution is -0.143. The molecule has 0 amide bonds. The third kappa shape index (κ3) is 12.2. The first kappa shape index (κ1) is 40.1. The molecule has 0 spiro atoms. The van der Waals surface area contributed by atoms with Gasteiger partial charge in [-0.1, -0.05) is 24.3 Å². The summed E-state index contributed by atoms with van der Waals surface area (Å²) >= 11 is 0. The van der Waals surface area contributed by atoms with Crippen LogP contribution in [-0.4, -0.2) is 88.2 Å². The maximum Gasteiger partial charge on any atom is 0.332 e. The molecule has 0 aliphatic carbocycles. The number of nitrogens with zero attached hydrogens (tertiary/aromatic N) is 2. The zero-order valence-corrected chi connectivity index (χ0v) is 31.2. The number of rotatable bonds is 24. The van der Waals surface area contributed by atoms with E-state index in [1.165, 1.54) is 5.56 Å². The molecule has 2 aromatic carbocycles. The number of pyridine rings is 2. The number of benzene rings is 2. The van der Waals surface area contributed by atoms with Crippen molar-refractivity contribution in [2.24, 2.45) is 0 Å². The van der Waals surface area contributed by atoms with E-state index in [-0.39, 0.29) is 25.2 Å². The lowest BCUT2D eigenvalue weighted by Gasteiger charge is -2.16. The Hall–Kier alpha value is -3.64. The van der Waals surface area contributed by atoms with Crippen LogP contribution in [0, 0.1) is 6.92 Å². The minimum atomic E-state index is -3.08. The maximum atomic E-state index is 12.4. The molecule has 0 saturated carbocycles. The number of hydrogen-bond acceptors (Lipinski definition) is 12. The van der Waals surface area contributed by atoms with E-state index in [4.69, 9.17) is 43.4 Å². The normalized spacial score (nSPS) is 11.8. The molecule has 0 unspecified atom stereocenters. The molecule has 0 aliphatic rings. The number of carbonyl (C=O) groups excluding carboxylic acids is 1. The van der Waals surface area contributed by atoms with Crippen LogP contribution in [0.2, 0.25) is 0 Å². The van der Waals surface area contributed by atoms with Gasteiger partial charge in [-0.2, -0.15) is 0 Å². The maximum absolute atomic E-state index is 12.4. The van der Waals surface area contributed by atoms with Crippen molar-refractivity contribution in [2.45, 2.75) is 53.4 Å². The van der Waals surface area contributed by atoms with Crippen molar-refractivity contribution in [1.82, 2.24) is 9.97 Å². The number of fused-ring (bicyclic) bond motifs is 3. The molecule has 4 rings (SSSR count). The van der Waals surface area contributed by atoms with Gasteiger partial charge >= 0.3 is 13.6 Å². The standard InChI is InChI=1S/C38H52N3O9P/c1-5-47-35(42)17-16-32-30(27-40-37-36(32)33-10-8-9-11-34(33)41-38(37)39)13-12-29-14-15-31(26-28(29)4)48-23-22-45-19-18-44-20-21-46-24-25-51(43,49-6-2)50-7-3/h8-11,14-15,26-27H,5-7,12-13,16-25H2,1-4H3,(H2,39,41). The van der Waals surface area contributed by atoms with Crippen LogP contribution in [0.25, 0.3) is 21.8 Å². The first-order valence-corrected chi connectivity index (χ1v) is 19.4. The predicted octanol–water partition coefficient (Wildman–Crippen LogP) is 6.65. The minimum Gasteiger partial charge on any atom is -0.491 e. The molecule has 2 heterocycles. The van der Waals surface area contributed by atoms with Crippen LogP contribution in [0.4, 0.5) is 5.82 Å². The van der Waals surface area contributed by atoms with E-state index in [0.717, 1.165) is 51.6 Å². The molecule has 2 N–H and O–H groups in total. The van der Waals surface area contributed by atoms with Crippen LogP contribution >= 0.6 is 7.60 Å². The van der Waals surface area contributed by atoms with Gasteiger partial charge in [-0.15, -0.1) is 0 Å². The van der Waals surface area contributed by atoms with Crippen LogP contribution in [0.15, 0.2) is 48.7 Å². The number of carbonyl (C=O) groups is 1. The third-order valence-corrected chi connectivity index (χ3v) is 10.2. The molecule has 0 radical (unpaired) electrons. The molecule has 12 nitrogen and oxygen atoms in total. The molecular formula is C38H52N3O9P. The first-order chi connectivity index (χ1) is 24.8. The lowest BCUT2D eigenvalue weighted by Crippen LogP contribution is -2.14. The molecule has 4 aromatic rings. The third-order valence-electron chi connectivity index (χ3n) is 8.20. The van der Waals surface area contributed by atoms with Gasteiger partial charge < -0.3 is 38.5 Å². The molecule has 2 aromatic heterocycles. The second kappa shape index (κ2) is 21.0. The van der Waals surface area contributed by atoms with Crippen LogP contribution in [0.3, 0.4) is 0 Å². The average molecular weight is 726 g/mol. The van der Waals surface area contributed by atoms with Gasteiger partial charge in [-0.05, 0) is 87.4 Å². The fourth-order valence-electron chi connectivity index (χ4n) is 5.80. The summed E-state index contributed by atoms with van der Waals surface area (Å²) in [6.07, 6.45) is 4.41. The summed E-state index contributed by atoms with van der Waals surface area (Å²) in [6.45, 7) is 11.3. The van der Waals surface area contributed by atoms with E-state index in [9.17, 15) is 9.36 Å². The van der Waals surface area contributed by atoms with Gasteiger partial charge in [0.15, 0.2) is 5.82 Å². The topological polar surface area (TPSA) is 151 Å². The number of nitrogen functional groups attached to an aromatic ring is 1. The van der Waals surface area contributed by atoms with Gasteiger partial charge in [0, 0.05) is 23.4 Å². The van der Waals surface area contributed by atoms with Gasteiger partial charge in [0.2, 0.25) is 0 Å². The number of aromatic nitrogens is 2. The van der Waals surface area contributed by atoms with Crippen molar-refractivity contribution < 1.29 is 42.1 Å². The molecule has 0 bridgehead atoms. The summed E-state index contributed by atoms with van der Waals surface area (Å²) in [7, 11) is -3.08. The molecule has 0 aliphatic heterocycles. The fraction of sp³-hybridized carbons (Fsp3) is 0.500. The highest BCUT2D eigenvalue weighted by molar-refractivity contribution is 7.53. The van der Waals surface area contributed by atoms with Crippen molar-refractivity contribution >= 4 is 41.2 Å². The monoisotopic (exact) mass is 725 g/mol. The number of esters is 1. The van der Waals surface area contributed by atoms with Crippen molar-refractivity contribution in [3.05, 3.63) is 70.9 Å². The highest BCUT2D eigenvalue weighted by Crippen LogP contribution is 2.47. The Labute approximate surface area is 300 Å². The van der Waals surface area contributed by atoms with Gasteiger partial charge in [-0.3, -0.25) is 14.3 Å². The van der Waals surface area contributed by atoms with E-state index >= 15 is 0 Å². The largest absolute Gasteiger partial charge is 0.491 e. The molecule has 0 fully saturated rings. The van der Waals surface area contributed by atoms with Crippen molar-refractivity contribution in [3.8, 4) is 5.75 Å². The Bertz CT molecular complexity index is 1740. The summed E-state index contributed by atoms with van der Waals surface area (Å²) in [4.78, 5) is 21.7. The van der Waals surface area contributed by atoms with Gasteiger partial charge in [0.1, 0.15) is 17.9 Å². The highest BCUT2D eigenvalue weighted by Gasteiger charge is 2.23. The van der Waals surface area contributed by atoms with E-state index < -0.39 is 7.60 Å². The predicted molar refractivity (Wildman–Crippen MR) is 199 cm³/mol. The van der Waals surface area contributed by atoms with Gasteiger partial charge in [0.25, 0.3) is 0 Å². The van der Waals surface area contributed by atoms with Crippen LogP contribution in [0.1, 0.15) is 49.4 Å². The molecule has 0 atom stereocenters. The minimum absolute atomic E-state index is 0.218. The van der Waals surface area contributed by atoms with Gasteiger partial charge in [-0.25, -0.2) is 4.98 Å². The zero-order chi connectivity index (χ0) is 36.5. The summed E-state index contributed by atoms with van der Waals surface area (Å²) < 4.78 is 50.7. The highest BCUT2D eigenvalue weighted by atomic mass is 31.2. The quantitative estimate of drug-likeness (QED) is 0.0357. The fourth-order valence-corrected chi connectivity index (χ4v) is 7.28. The molecule has 51 heavy (non-hydrogen) atoms. The van der Waals surface area contributed by atoms with Crippen molar-refractivity contribution in [3.63, 3.8) is 0 Å². The number of anilines is 1. The molecular weight excluding hydrogens is 673 g/mol. The number of hydrogen-bond donors (Lipinski definition) is 1. The summed E-state index contributed by atoms with van der Waals surface area (Å²) in [5.74, 6) is 0.930. The molecule has 13 heteroatoms. The zero-order valence-electron chi connectivity index (χ0n) is 30.3. The first-order valence-electron chi connectivity index (χ1n) is 17.7. The average Bonchev–Trinajstić information content (AvgIpc) is 3.11. The number of aryl methyl sites for hydroxylation is 4. The number of para-hydroxylation sites is 1. The Morgan fingerprint density at radius 1 is 0.804 bits per heavy atom.